The van der Waals surface area contributed by atoms with E-state index < -0.39 is 0 Å². The minimum absolute atomic E-state index is 0. The molecule has 0 aromatic heterocycles. The molecule has 0 unspecified atom stereocenters. The van der Waals surface area contributed by atoms with Crippen LogP contribution in [-0.2, 0) is 0 Å². The van der Waals surface area contributed by atoms with Gasteiger partial charge in [0.25, 0.3) is 0 Å². The summed E-state index contributed by atoms with van der Waals surface area (Å²) in [4.78, 5) is 0. The summed E-state index contributed by atoms with van der Waals surface area (Å²) in [6, 6.07) is 0. The second-order valence-corrected chi connectivity index (χ2v) is 0. The van der Waals surface area contributed by atoms with Gasteiger partial charge in [0.05, 0.1) is 0 Å². The maximum absolute atomic E-state index is 7.00. The Bertz CT molecular complexity index is 7.61. The number of hydrogen-bond donors (Lipinski definition) is 2. The Kier molecular flexibility index (Phi) is 158. The number of hydrogen-bond acceptors (Lipinski definition) is 2. The second-order valence-electron chi connectivity index (χ2n) is 0. The molecule has 35 valence electrons. The molecule has 0 saturated heterocycles. The van der Waals surface area contributed by atoms with Crippen molar-refractivity contribution in [2.75, 3.05) is 14.2 Å². The largest absolute Gasteiger partial charge is 0.400 e. The van der Waals surface area contributed by atoms with Crippen molar-refractivity contribution in [3.05, 3.63) is 0 Å². The molecule has 2 nitrogen and oxygen atoms in total. The quantitative estimate of drug-likeness (QED) is 0.557. The topological polar surface area (TPSA) is 40.5 Å². The molecule has 5 heavy (non-hydrogen) atoms. The van der Waals surface area contributed by atoms with E-state index in [0.717, 1.165) is 14.2 Å². The molecule has 0 aromatic rings. The van der Waals surface area contributed by atoms with Crippen molar-refractivity contribution in [3.63, 3.8) is 0 Å². The summed E-state index contributed by atoms with van der Waals surface area (Å²) >= 11 is 0. The summed E-state index contributed by atoms with van der Waals surface area (Å²) in [5.74, 6) is 0. The monoisotopic (exact) mass is 217 g/mol. The van der Waals surface area contributed by atoms with Gasteiger partial charge in [0.2, 0.25) is 0 Å². The van der Waals surface area contributed by atoms with Gasteiger partial charge in [-0.05, 0) is 0 Å². The molecule has 0 heterocycles. The Morgan fingerprint density at radius 1 is 0.800 bits per heavy atom. The Labute approximate surface area is 72.7 Å². The van der Waals surface area contributed by atoms with Gasteiger partial charge in [-0.15, -0.1) is 0 Å². The van der Waals surface area contributed by atoms with Gasteiger partial charge in [-0.1, -0.05) is 0 Å². The van der Waals surface area contributed by atoms with Crippen LogP contribution in [0.3, 0.4) is 0 Å². The van der Waals surface area contributed by atoms with Crippen LogP contribution in [0.4, 0.5) is 0 Å². The van der Waals surface area contributed by atoms with E-state index in [1.165, 1.54) is 0 Å². The van der Waals surface area contributed by atoms with Crippen LogP contribution < -0.4 is 0 Å². The molecular weight excluding hydrogens is 208 g/mol. The molecule has 0 saturated carbocycles. The van der Waals surface area contributed by atoms with Crippen molar-refractivity contribution in [2.24, 2.45) is 0 Å². The Balaban J connectivity index is -0.0000000133. The van der Waals surface area contributed by atoms with Gasteiger partial charge in [-0.2, -0.15) is 0 Å². The summed E-state index contributed by atoms with van der Waals surface area (Å²) in [6.45, 7) is 0. The number of aliphatic hydroxyl groups excluding tert-OH is 2. The zero-order valence-corrected chi connectivity index (χ0v) is 5.70. The zero-order chi connectivity index (χ0) is 4.00. The molecule has 0 atom stereocenters. The van der Waals surface area contributed by atoms with Crippen LogP contribution in [0.5, 0.6) is 0 Å². The van der Waals surface area contributed by atoms with E-state index in [2.05, 4.69) is 0 Å². The van der Waals surface area contributed by atoms with Crippen molar-refractivity contribution in [3.8, 4) is 0 Å². The number of aliphatic hydroxyl groups is 2. The SMILES string of the molecule is CO.CO.[Eu]. The molecule has 0 rings (SSSR count). The molecule has 2 N–H and O–H groups in total. The average Bonchev–Trinajstić information content (AvgIpc) is 1.50. The van der Waals surface area contributed by atoms with Gasteiger partial charge in [-0.25, -0.2) is 0 Å². The van der Waals surface area contributed by atoms with Gasteiger partial charge in [0.15, 0.2) is 0 Å². The fraction of sp³-hybridized carbons (Fsp3) is 1.00. The van der Waals surface area contributed by atoms with Crippen LogP contribution in [0.25, 0.3) is 0 Å². The molecule has 0 fully saturated rings. The van der Waals surface area contributed by atoms with E-state index in [9.17, 15) is 0 Å². The molecule has 0 aliphatic carbocycles. The number of rotatable bonds is 0. The molecule has 0 bridgehead atoms. The van der Waals surface area contributed by atoms with Crippen molar-refractivity contribution >= 4 is 0 Å². The van der Waals surface area contributed by atoms with Crippen molar-refractivity contribution in [1.82, 2.24) is 0 Å². The van der Waals surface area contributed by atoms with Crippen LogP contribution in [-0.4, -0.2) is 24.4 Å². The maximum atomic E-state index is 7.00. The smallest absolute Gasteiger partial charge is 0.0319 e. The third-order valence-corrected chi connectivity index (χ3v) is 0. The minimum Gasteiger partial charge on any atom is -0.400 e. The summed E-state index contributed by atoms with van der Waals surface area (Å²) in [5.41, 5.74) is 0. The molecule has 3 heteroatoms. The second kappa shape index (κ2) is 49.3. The van der Waals surface area contributed by atoms with E-state index in [0.29, 0.717) is 0 Å². The fourth-order valence-corrected chi connectivity index (χ4v) is 0. The van der Waals surface area contributed by atoms with Gasteiger partial charge in [-0.3, -0.25) is 0 Å². The first kappa shape index (κ1) is 16.0. The summed E-state index contributed by atoms with van der Waals surface area (Å²) in [6.07, 6.45) is 0. The summed E-state index contributed by atoms with van der Waals surface area (Å²) in [5, 5.41) is 14.0. The predicted molar refractivity (Wildman–Crippen MR) is 16.3 cm³/mol. The van der Waals surface area contributed by atoms with Crippen molar-refractivity contribution < 1.29 is 59.6 Å². The minimum atomic E-state index is 0. The van der Waals surface area contributed by atoms with Gasteiger partial charge in [0, 0.05) is 63.6 Å². The van der Waals surface area contributed by atoms with E-state index in [1.807, 2.05) is 0 Å². The molecule has 0 aliphatic rings. The third-order valence-electron chi connectivity index (χ3n) is 0. The first-order chi connectivity index (χ1) is 2.00. The maximum Gasteiger partial charge on any atom is 0.0319 e. The molecule has 0 aromatic carbocycles. The Morgan fingerprint density at radius 2 is 0.800 bits per heavy atom. The first-order valence-electron chi connectivity index (χ1n) is 0.894. The van der Waals surface area contributed by atoms with Crippen LogP contribution >= 0.6 is 0 Å². The van der Waals surface area contributed by atoms with Gasteiger partial charge >= 0.3 is 0 Å². The molecule has 0 amide bonds. The molecular formula is C2H8EuO2. The Hall–Kier alpha value is 1.50. The van der Waals surface area contributed by atoms with E-state index in [-0.39, 0.29) is 49.4 Å². The van der Waals surface area contributed by atoms with Crippen LogP contribution in [0, 0.1) is 49.4 Å². The normalized spacial score (nSPS) is 2.40. The third kappa shape index (κ3) is 29.9. The summed E-state index contributed by atoms with van der Waals surface area (Å²) in [7, 11) is 2.00. The van der Waals surface area contributed by atoms with E-state index in [4.69, 9.17) is 10.2 Å². The van der Waals surface area contributed by atoms with E-state index in [1.54, 1.807) is 0 Å². The Morgan fingerprint density at radius 3 is 0.800 bits per heavy atom. The van der Waals surface area contributed by atoms with Gasteiger partial charge in [0.1, 0.15) is 0 Å². The average molecular weight is 216 g/mol. The summed E-state index contributed by atoms with van der Waals surface area (Å²) < 4.78 is 0. The van der Waals surface area contributed by atoms with Gasteiger partial charge < -0.3 is 10.2 Å². The molecule has 1 radical (unpaired) electrons. The molecule has 0 spiro atoms. The van der Waals surface area contributed by atoms with Crippen LogP contribution in [0.15, 0.2) is 0 Å². The van der Waals surface area contributed by atoms with Crippen molar-refractivity contribution in [1.29, 1.82) is 0 Å². The van der Waals surface area contributed by atoms with Crippen LogP contribution in [0.2, 0.25) is 0 Å². The fourth-order valence-electron chi connectivity index (χ4n) is 0. The zero-order valence-electron chi connectivity index (χ0n) is 3.27. The van der Waals surface area contributed by atoms with Crippen molar-refractivity contribution in [2.45, 2.75) is 0 Å². The van der Waals surface area contributed by atoms with E-state index >= 15 is 0 Å². The van der Waals surface area contributed by atoms with Crippen LogP contribution in [0.1, 0.15) is 0 Å². The first-order valence-corrected chi connectivity index (χ1v) is 0.894. The predicted octanol–water partition coefficient (Wildman–Crippen LogP) is -0.783. The standard InChI is InChI=1S/2CH4O.Eu/c2*1-2;/h2*2H,1H3;. The molecule has 0 aliphatic heterocycles.